The molecule has 0 saturated carbocycles. The lowest BCUT2D eigenvalue weighted by Crippen LogP contribution is -1.92. The van der Waals surface area contributed by atoms with Gasteiger partial charge in [-0.05, 0) is 77.7 Å². The minimum absolute atomic E-state index is 0.608. The summed E-state index contributed by atoms with van der Waals surface area (Å²) in [5, 5.41) is 8.85. The lowest BCUT2D eigenvalue weighted by atomic mass is 10.1. The van der Waals surface area contributed by atoms with Gasteiger partial charge in [0, 0.05) is 0 Å². The fourth-order valence-corrected chi connectivity index (χ4v) is 2.34. The maximum Gasteiger partial charge on any atom is 0.141 e. The lowest BCUT2D eigenvalue weighted by molar-refractivity contribution is 0.475. The van der Waals surface area contributed by atoms with E-state index in [9.17, 15) is 0 Å². The summed E-state index contributed by atoms with van der Waals surface area (Å²) in [5.74, 6) is 1.56. The molecule has 0 bridgehead atoms. The van der Waals surface area contributed by atoms with Crippen molar-refractivity contribution in [3.05, 3.63) is 57.1 Å². The first kappa shape index (κ1) is 13.6. The SMILES string of the molecule is Cc1cc(C)c(C)c(Oc2ccc(C#N)cc2Br)c1. The first-order chi connectivity index (χ1) is 9.01. The summed E-state index contributed by atoms with van der Waals surface area (Å²) in [6.45, 7) is 6.16. The van der Waals surface area contributed by atoms with Gasteiger partial charge in [0.1, 0.15) is 11.5 Å². The average Bonchev–Trinajstić information content (AvgIpc) is 2.37. The van der Waals surface area contributed by atoms with E-state index in [1.165, 1.54) is 11.1 Å². The third-order valence-electron chi connectivity index (χ3n) is 3.04. The Balaban J connectivity index is 2.39. The number of aryl methyl sites for hydroxylation is 2. The van der Waals surface area contributed by atoms with E-state index in [1.54, 1.807) is 18.2 Å². The predicted molar refractivity (Wildman–Crippen MR) is 79.6 cm³/mol. The third kappa shape index (κ3) is 2.97. The summed E-state index contributed by atoms with van der Waals surface area (Å²) in [6.07, 6.45) is 0. The van der Waals surface area contributed by atoms with Crippen molar-refractivity contribution in [3.63, 3.8) is 0 Å². The molecule has 2 aromatic rings. The Bertz CT molecular complexity index is 671. The minimum atomic E-state index is 0.608. The van der Waals surface area contributed by atoms with Gasteiger partial charge in [-0.2, -0.15) is 5.26 Å². The average molecular weight is 316 g/mol. The fourth-order valence-electron chi connectivity index (χ4n) is 1.88. The van der Waals surface area contributed by atoms with Gasteiger partial charge in [0.15, 0.2) is 0 Å². The second-order valence-electron chi connectivity index (χ2n) is 4.56. The highest BCUT2D eigenvalue weighted by atomic mass is 79.9. The van der Waals surface area contributed by atoms with E-state index in [-0.39, 0.29) is 0 Å². The first-order valence-electron chi connectivity index (χ1n) is 5.96. The molecule has 0 radical (unpaired) electrons. The number of hydrogen-bond acceptors (Lipinski definition) is 2. The van der Waals surface area contributed by atoms with Crippen molar-refractivity contribution in [2.45, 2.75) is 20.8 Å². The van der Waals surface area contributed by atoms with Crippen LogP contribution in [0.1, 0.15) is 22.3 Å². The van der Waals surface area contributed by atoms with Gasteiger partial charge in [0.25, 0.3) is 0 Å². The molecule has 0 N–H and O–H groups in total. The molecule has 0 aliphatic carbocycles. The summed E-state index contributed by atoms with van der Waals surface area (Å²) >= 11 is 3.43. The van der Waals surface area contributed by atoms with Gasteiger partial charge in [0.05, 0.1) is 16.1 Å². The van der Waals surface area contributed by atoms with Crippen LogP contribution in [-0.4, -0.2) is 0 Å². The second kappa shape index (κ2) is 5.46. The number of benzene rings is 2. The minimum Gasteiger partial charge on any atom is -0.456 e. The lowest BCUT2D eigenvalue weighted by Gasteiger charge is -2.13. The summed E-state index contributed by atoms with van der Waals surface area (Å²) < 4.78 is 6.73. The molecule has 19 heavy (non-hydrogen) atoms. The number of nitriles is 1. The molecular formula is C16H14BrNO. The van der Waals surface area contributed by atoms with E-state index in [4.69, 9.17) is 10.00 Å². The molecule has 0 saturated heterocycles. The molecule has 0 atom stereocenters. The molecule has 0 aliphatic heterocycles. The molecule has 2 aromatic carbocycles. The first-order valence-corrected chi connectivity index (χ1v) is 6.76. The highest BCUT2D eigenvalue weighted by molar-refractivity contribution is 9.10. The topological polar surface area (TPSA) is 33.0 Å². The van der Waals surface area contributed by atoms with Crippen molar-refractivity contribution in [1.82, 2.24) is 0 Å². The van der Waals surface area contributed by atoms with E-state index in [0.717, 1.165) is 15.8 Å². The Morgan fingerprint density at radius 1 is 1.05 bits per heavy atom. The monoisotopic (exact) mass is 315 g/mol. The number of hydrogen-bond donors (Lipinski definition) is 0. The van der Waals surface area contributed by atoms with Gasteiger partial charge in [-0.1, -0.05) is 6.07 Å². The zero-order chi connectivity index (χ0) is 14.0. The Hall–Kier alpha value is -1.79. The van der Waals surface area contributed by atoms with E-state index in [1.807, 2.05) is 19.9 Å². The standard InChI is InChI=1S/C16H14BrNO/c1-10-6-11(2)12(3)16(7-10)19-15-5-4-13(9-18)8-14(15)17/h4-8H,1-3H3. The van der Waals surface area contributed by atoms with Crippen LogP contribution in [0, 0.1) is 32.1 Å². The van der Waals surface area contributed by atoms with Gasteiger partial charge in [-0.3, -0.25) is 0 Å². The van der Waals surface area contributed by atoms with Gasteiger partial charge in [-0.25, -0.2) is 0 Å². The van der Waals surface area contributed by atoms with E-state index < -0.39 is 0 Å². The maximum atomic E-state index is 8.85. The van der Waals surface area contributed by atoms with Crippen molar-refractivity contribution in [3.8, 4) is 17.6 Å². The number of rotatable bonds is 2. The van der Waals surface area contributed by atoms with E-state index in [2.05, 4.69) is 35.0 Å². The smallest absolute Gasteiger partial charge is 0.141 e. The number of ether oxygens (including phenoxy) is 1. The molecule has 2 nitrogen and oxygen atoms in total. The van der Waals surface area contributed by atoms with E-state index >= 15 is 0 Å². The van der Waals surface area contributed by atoms with Crippen LogP contribution in [0.2, 0.25) is 0 Å². The molecule has 3 heteroatoms. The second-order valence-corrected chi connectivity index (χ2v) is 5.42. The molecule has 0 heterocycles. The summed E-state index contributed by atoms with van der Waals surface area (Å²) in [6, 6.07) is 11.6. The zero-order valence-electron chi connectivity index (χ0n) is 11.1. The van der Waals surface area contributed by atoms with Crippen molar-refractivity contribution in [2.24, 2.45) is 0 Å². The molecule has 0 aliphatic rings. The third-order valence-corrected chi connectivity index (χ3v) is 3.66. The summed E-state index contributed by atoms with van der Waals surface area (Å²) in [4.78, 5) is 0. The van der Waals surface area contributed by atoms with Crippen LogP contribution in [0.25, 0.3) is 0 Å². The molecule has 0 amide bonds. The van der Waals surface area contributed by atoms with E-state index in [0.29, 0.717) is 11.3 Å². The number of nitrogens with zero attached hydrogens (tertiary/aromatic N) is 1. The molecule has 0 spiro atoms. The molecular weight excluding hydrogens is 302 g/mol. The molecule has 96 valence electrons. The fraction of sp³-hybridized carbons (Fsp3) is 0.188. The molecule has 0 aromatic heterocycles. The van der Waals surface area contributed by atoms with Crippen LogP contribution in [0.5, 0.6) is 11.5 Å². The number of halogens is 1. The van der Waals surface area contributed by atoms with Crippen molar-refractivity contribution < 1.29 is 4.74 Å². The van der Waals surface area contributed by atoms with Gasteiger partial charge < -0.3 is 4.74 Å². The van der Waals surface area contributed by atoms with Gasteiger partial charge in [-0.15, -0.1) is 0 Å². The van der Waals surface area contributed by atoms with Crippen LogP contribution in [0.15, 0.2) is 34.8 Å². The Morgan fingerprint density at radius 3 is 2.42 bits per heavy atom. The van der Waals surface area contributed by atoms with Gasteiger partial charge in [0.2, 0.25) is 0 Å². The van der Waals surface area contributed by atoms with Crippen LogP contribution in [0.3, 0.4) is 0 Å². The van der Waals surface area contributed by atoms with Gasteiger partial charge >= 0.3 is 0 Å². The predicted octanol–water partition coefficient (Wildman–Crippen LogP) is 5.04. The molecule has 0 unspecified atom stereocenters. The highest BCUT2D eigenvalue weighted by Crippen LogP contribution is 2.33. The normalized spacial score (nSPS) is 10.1. The highest BCUT2D eigenvalue weighted by Gasteiger charge is 2.08. The van der Waals surface area contributed by atoms with Crippen LogP contribution >= 0.6 is 15.9 Å². The van der Waals surface area contributed by atoms with Crippen molar-refractivity contribution in [1.29, 1.82) is 5.26 Å². The molecule has 2 rings (SSSR count). The van der Waals surface area contributed by atoms with Crippen molar-refractivity contribution >= 4 is 15.9 Å². The van der Waals surface area contributed by atoms with Crippen LogP contribution in [-0.2, 0) is 0 Å². The van der Waals surface area contributed by atoms with Crippen LogP contribution in [0.4, 0.5) is 0 Å². The van der Waals surface area contributed by atoms with Crippen LogP contribution < -0.4 is 4.74 Å². The largest absolute Gasteiger partial charge is 0.456 e. The maximum absolute atomic E-state index is 8.85. The quantitative estimate of drug-likeness (QED) is 0.778. The van der Waals surface area contributed by atoms with Crippen molar-refractivity contribution in [2.75, 3.05) is 0 Å². The molecule has 0 fully saturated rings. The Labute approximate surface area is 121 Å². The summed E-state index contributed by atoms with van der Waals surface area (Å²) in [5.41, 5.74) is 4.11. The Kier molecular flexibility index (Phi) is 3.92. The Morgan fingerprint density at radius 2 is 1.79 bits per heavy atom. The zero-order valence-corrected chi connectivity index (χ0v) is 12.7. The summed E-state index contributed by atoms with van der Waals surface area (Å²) in [7, 11) is 0.